The molecular weight excluding hydrogens is 434 g/mol. The largest absolute Gasteiger partial charge is 0.316 e. The van der Waals surface area contributed by atoms with Crippen molar-refractivity contribution in [3.63, 3.8) is 0 Å². The van der Waals surface area contributed by atoms with E-state index in [4.69, 9.17) is 0 Å². The second kappa shape index (κ2) is 9.25. The molecule has 30 heavy (non-hydrogen) atoms. The molecule has 0 radical (unpaired) electrons. The van der Waals surface area contributed by atoms with E-state index >= 15 is 0 Å². The topological polar surface area (TPSA) is 83.6 Å². The molecule has 3 aromatic rings. The number of aryl methyl sites for hydroxylation is 2. The molecule has 2 aromatic heterocycles. The van der Waals surface area contributed by atoms with Gasteiger partial charge in [0.2, 0.25) is 5.91 Å². The Bertz CT molecular complexity index is 1110. The predicted molar refractivity (Wildman–Crippen MR) is 122 cm³/mol. The van der Waals surface area contributed by atoms with Crippen LogP contribution in [0.1, 0.15) is 33.8 Å². The number of nitrogens with one attached hydrogen (secondary N) is 1. The molecule has 1 aliphatic carbocycles. The first kappa shape index (κ1) is 21.0. The number of carbonyl (C=O) groups excluding carboxylic acids is 1. The predicted octanol–water partition coefficient (Wildman–Crippen LogP) is 4.57. The van der Waals surface area contributed by atoms with Gasteiger partial charge in [0.15, 0.2) is 5.16 Å². The summed E-state index contributed by atoms with van der Waals surface area (Å²) in [6, 6.07) is 10.7. The molecule has 6 nitrogen and oxygen atoms in total. The average Bonchev–Trinajstić information content (AvgIpc) is 3.41. The van der Waals surface area contributed by atoms with Crippen LogP contribution in [-0.2, 0) is 30.4 Å². The number of nitriles is 1. The van der Waals surface area contributed by atoms with E-state index in [1.807, 2.05) is 11.6 Å². The number of benzene rings is 1. The molecule has 0 spiro atoms. The van der Waals surface area contributed by atoms with E-state index in [-0.39, 0.29) is 11.7 Å². The SMILES string of the molecule is Cc1ccc(SCc2nnc(SCC(=O)Nc3sc4c(c3C#N)CCC4)n2C)cc1. The number of carbonyl (C=O) groups is 1. The number of amides is 1. The Morgan fingerprint density at radius 3 is 2.83 bits per heavy atom. The van der Waals surface area contributed by atoms with Gasteiger partial charge in [0, 0.05) is 16.8 Å². The number of anilines is 1. The summed E-state index contributed by atoms with van der Waals surface area (Å²) in [6.45, 7) is 2.07. The zero-order chi connectivity index (χ0) is 21.1. The van der Waals surface area contributed by atoms with Gasteiger partial charge in [-0.1, -0.05) is 29.5 Å². The summed E-state index contributed by atoms with van der Waals surface area (Å²) in [5.74, 6) is 1.68. The third-order valence-electron chi connectivity index (χ3n) is 4.93. The Labute approximate surface area is 188 Å². The van der Waals surface area contributed by atoms with Gasteiger partial charge in [-0.05, 0) is 43.9 Å². The highest BCUT2D eigenvalue weighted by Crippen LogP contribution is 2.38. The fraction of sp³-hybridized carbons (Fsp3) is 0.333. The minimum atomic E-state index is -0.130. The van der Waals surface area contributed by atoms with Gasteiger partial charge in [-0.2, -0.15) is 5.26 Å². The number of fused-ring (bicyclic) bond motifs is 1. The van der Waals surface area contributed by atoms with Crippen LogP contribution in [0.25, 0.3) is 0 Å². The summed E-state index contributed by atoms with van der Waals surface area (Å²) < 4.78 is 1.93. The Kier molecular flexibility index (Phi) is 6.46. The van der Waals surface area contributed by atoms with Crippen molar-refractivity contribution in [2.75, 3.05) is 11.1 Å². The Balaban J connectivity index is 1.32. The molecule has 0 atom stereocenters. The average molecular weight is 456 g/mol. The van der Waals surface area contributed by atoms with E-state index in [9.17, 15) is 10.1 Å². The molecule has 154 valence electrons. The van der Waals surface area contributed by atoms with Gasteiger partial charge in [-0.25, -0.2) is 0 Å². The molecule has 0 saturated carbocycles. The fourth-order valence-corrected chi connectivity index (χ4v) is 6.14. The van der Waals surface area contributed by atoms with Crippen LogP contribution >= 0.6 is 34.9 Å². The van der Waals surface area contributed by atoms with Crippen LogP contribution in [0.3, 0.4) is 0 Å². The van der Waals surface area contributed by atoms with Crippen LogP contribution in [0.5, 0.6) is 0 Å². The minimum Gasteiger partial charge on any atom is -0.316 e. The first-order valence-corrected chi connectivity index (χ1v) is 12.4. The lowest BCUT2D eigenvalue weighted by atomic mass is 10.1. The van der Waals surface area contributed by atoms with Crippen molar-refractivity contribution in [3.8, 4) is 6.07 Å². The van der Waals surface area contributed by atoms with E-state index in [0.717, 1.165) is 30.7 Å². The molecule has 2 heterocycles. The van der Waals surface area contributed by atoms with Crippen LogP contribution in [-0.4, -0.2) is 26.4 Å². The fourth-order valence-electron chi connectivity index (χ4n) is 3.28. The minimum absolute atomic E-state index is 0.130. The molecule has 1 N–H and O–H groups in total. The van der Waals surface area contributed by atoms with Gasteiger partial charge >= 0.3 is 0 Å². The molecule has 0 unspecified atom stereocenters. The van der Waals surface area contributed by atoms with Crippen molar-refractivity contribution in [3.05, 3.63) is 51.7 Å². The van der Waals surface area contributed by atoms with Crippen molar-refractivity contribution in [1.29, 1.82) is 5.26 Å². The first-order valence-electron chi connectivity index (χ1n) is 9.60. The van der Waals surface area contributed by atoms with Gasteiger partial charge in [-0.15, -0.1) is 33.3 Å². The van der Waals surface area contributed by atoms with Crippen molar-refractivity contribution in [1.82, 2.24) is 14.8 Å². The van der Waals surface area contributed by atoms with Gasteiger partial charge in [0.1, 0.15) is 16.9 Å². The van der Waals surface area contributed by atoms with E-state index in [1.54, 1.807) is 11.8 Å². The normalized spacial score (nSPS) is 12.6. The number of aromatic nitrogens is 3. The summed E-state index contributed by atoms with van der Waals surface area (Å²) in [6.07, 6.45) is 3.03. The summed E-state index contributed by atoms with van der Waals surface area (Å²) in [5.41, 5.74) is 3.00. The summed E-state index contributed by atoms with van der Waals surface area (Å²) in [7, 11) is 1.92. The first-order chi connectivity index (χ1) is 14.5. The third-order valence-corrected chi connectivity index (χ3v) is 8.17. The smallest absolute Gasteiger partial charge is 0.235 e. The second-order valence-electron chi connectivity index (χ2n) is 7.07. The lowest BCUT2D eigenvalue weighted by Gasteiger charge is -2.05. The molecule has 1 aliphatic rings. The van der Waals surface area contributed by atoms with Gasteiger partial charge in [0.05, 0.1) is 17.1 Å². The second-order valence-corrected chi connectivity index (χ2v) is 10.2. The number of nitrogens with zero attached hydrogens (tertiary/aromatic N) is 4. The highest BCUT2D eigenvalue weighted by Gasteiger charge is 2.23. The van der Waals surface area contributed by atoms with E-state index in [0.29, 0.717) is 21.5 Å². The summed E-state index contributed by atoms with van der Waals surface area (Å²) >= 11 is 4.60. The zero-order valence-electron chi connectivity index (χ0n) is 16.8. The Morgan fingerprint density at radius 1 is 1.27 bits per heavy atom. The lowest BCUT2D eigenvalue weighted by molar-refractivity contribution is -0.113. The molecule has 0 bridgehead atoms. The maximum atomic E-state index is 12.4. The number of hydrogen-bond acceptors (Lipinski definition) is 7. The molecule has 9 heteroatoms. The number of rotatable bonds is 7. The zero-order valence-corrected chi connectivity index (χ0v) is 19.2. The number of thioether (sulfide) groups is 2. The van der Waals surface area contributed by atoms with Crippen LogP contribution in [0, 0.1) is 18.3 Å². The van der Waals surface area contributed by atoms with Gasteiger partial charge in [0.25, 0.3) is 0 Å². The van der Waals surface area contributed by atoms with Crippen LogP contribution in [0.4, 0.5) is 5.00 Å². The van der Waals surface area contributed by atoms with E-state index in [1.165, 1.54) is 38.4 Å². The highest BCUT2D eigenvalue weighted by atomic mass is 32.2. The van der Waals surface area contributed by atoms with Crippen molar-refractivity contribution in [2.24, 2.45) is 7.05 Å². The van der Waals surface area contributed by atoms with Gasteiger partial charge in [-0.3, -0.25) is 4.79 Å². The standard InChI is InChI=1S/C21H21N5OS3/c1-13-6-8-14(9-7-13)28-11-18-24-25-21(26(18)2)29-12-19(27)23-20-16(10-22)15-4-3-5-17(15)30-20/h6-9H,3-5,11-12H2,1-2H3,(H,23,27). The van der Waals surface area contributed by atoms with Crippen LogP contribution in [0.2, 0.25) is 0 Å². The van der Waals surface area contributed by atoms with Crippen molar-refractivity contribution >= 4 is 45.8 Å². The Hall–Kier alpha value is -2.28. The third kappa shape index (κ3) is 4.56. The Morgan fingerprint density at radius 2 is 2.07 bits per heavy atom. The van der Waals surface area contributed by atoms with Crippen LogP contribution in [0.15, 0.2) is 34.3 Å². The maximum absolute atomic E-state index is 12.4. The summed E-state index contributed by atoms with van der Waals surface area (Å²) in [5, 5.41) is 22.3. The number of thiophene rings is 1. The van der Waals surface area contributed by atoms with Crippen molar-refractivity contribution < 1.29 is 4.79 Å². The molecule has 0 fully saturated rings. The quantitative estimate of drug-likeness (QED) is 0.526. The molecule has 4 rings (SSSR count). The maximum Gasteiger partial charge on any atom is 0.235 e. The highest BCUT2D eigenvalue weighted by molar-refractivity contribution is 7.99. The molecule has 1 amide bonds. The molecular formula is C21H21N5OS3. The van der Waals surface area contributed by atoms with Crippen LogP contribution < -0.4 is 5.32 Å². The van der Waals surface area contributed by atoms with E-state index in [2.05, 4.69) is 52.8 Å². The monoisotopic (exact) mass is 455 g/mol. The van der Waals surface area contributed by atoms with Gasteiger partial charge < -0.3 is 9.88 Å². The number of hydrogen-bond donors (Lipinski definition) is 1. The summed E-state index contributed by atoms with van der Waals surface area (Å²) in [4.78, 5) is 14.9. The van der Waals surface area contributed by atoms with E-state index < -0.39 is 0 Å². The molecule has 0 aliphatic heterocycles. The van der Waals surface area contributed by atoms with Crippen molar-refractivity contribution in [2.45, 2.75) is 42.0 Å². The molecule has 0 saturated heterocycles. The lowest BCUT2D eigenvalue weighted by Crippen LogP contribution is -2.14. The molecule has 1 aromatic carbocycles.